The summed E-state index contributed by atoms with van der Waals surface area (Å²) in [6.07, 6.45) is -3.13. The van der Waals surface area contributed by atoms with E-state index in [0.29, 0.717) is 42.6 Å². The van der Waals surface area contributed by atoms with Crippen molar-refractivity contribution < 1.29 is 18.0 Å². The minimum absolute atomic E-state index is 0.00331. The van der Waals surface area contributed by atoms with Crippen LogP contribution in [0.25, 0.3) is 0 Å². The molecule has 1 aliphatic heterocycles. The normalized spacial score (nSPS) is 18.0. The van der Waals surface area contributed by atoms with Crippen LogP contribution in [0.1, 0.15) is 30.0 Å². The Labute approximate surface area is 187 Å². The van der Waals surface area contributed by atoms with Crippen LogP contribution in [0.15, 0.2) is 35.1 Å². The lowest BCUT2D eigenvalue weighted by Gasteiger charge is -2.34. The standard InChI is InChI=1S/C21H23ClF3N5O2/c22-16-3-1-2-4-17(16)26-19(31)12-28-7-9-29(10-8-28)13-30-20(32)15(21(23,24)25)11-18(27-30)14-5-6-14/h1-4,11,14H,5-10,12-13H2,(H,26,31). The fourth-order valence-electron chi connectivity index (χ4n) is 3.67. The Kier molecular flexibility index (Phi) is 6.55. The third-order valence-electron chi connectivity index (χ3n) is 5.61. The molecule has 32 heavy (non-hydrogen) atoms. The van der Waals surface area contributed by atoms with Crippen LogP contribution in [0.2, 0.25) is 5.02 Å². The maximum atomic E-state index is 13.3. The number of amides is 1. The fourth-order valence-corrected chi connectivity index (χ4v) is 3.86. The summed E-state index contributed by atoms with van der Waals surface area (Å²) in [5.41, 5.74) is -1.42. The van der Waals surface area contributed by atoms with Gasteiger partial charge in [-0.3, -0.25) is 19.4 Å². The number of alkyl halides is 3. The molecule has 1 N–H and O–H groups in total. The number of benzene rings is 1. The molecular weight excluding hydrogens is 447 g/mol. The van der Waals surface area contributed by atoms with Crippen molar-refractivity contribution in [2.45, 2.75) is 31.6 Å². The molecule has 0 atom stereocenters. The monoisotopic (exact) mass is 469 g/mol. The molecule has 0 bridgehead atoms. The van der Waals surface area contributed by atoms with E-state index in [4.69, 9.17) is 11.6 Å². The molecule has 0 radical (unpaired) electrons. The van der Waals surface area contributed by atoms with Crippen molar-refractivity contribution in [2.75, 3.05) is 38.0 Å². The van der Waals surface area contributed by atoms with Crippen LogP contribution in [0, 0.1) is 0 Å². The summed E-state index contributed by atoms with van der Waals surface area (Å²) in [6.45, 7) is 2.25. The van der Waals surface area contributed by atoms with Crippen molar-refractivity contribution in [3.63, 3.8) is 0 Å². The highest BCUT2D eigenvalue weighted by atomic mass is 35.5. The predicted octanol–water partition coefficient (Wildman–Crippen LogP) is 3.01. The zero-order valence-corrected chi connectivity index (χ0v) is 18.0. The molecule has 2 heterocycles. The Morgan fingerprint density at radius 2 is 1.78 bits per heavy atom. The third kappa shape index (κ3) is 5.48. The summed E-state index contributed by atoms with van der Waals surface area (Å²) in [5, 5.41) is 7.42. The molecular formula is C21H23ClF3N5O2. The summed E-state index contributed by atoms with van der Waals surface area (Å²) < 4.78 is 40.9. The largest absolute Gasteiger partial charge is 0.421 e. The average Bonchev–Trinajstić information content (AvgIpc) is 3.57. The number of aromatic nitrogens is 2. The van der Waals surface area contributed by atoms with Gasteiger partial charge >= 0.3 is 6.18 Å². The van der Waals surface area contributed by atoms with E-state index < -0.39 is 17.3 Å². The summed E-state index contributed by atoms with van der Waals surface area (Å²) in [7, 11) is 0. The first-order valence-electron chi connectivity index (χ1n) is 10.4. The highest BCUT2D eigenvalue weighted by molar-refractivity contribution is 6.33. The number of para-hydroxylation sites is 1. The van der Waals surface area contributed by atoms with Gasteiger partial charge in [-0.2, -0.15) is 18.3 Å². The van der Waals surface area contributed by atoms with E-state index in [9.17, 15) is 22.8 Å². The second kappa shape index (κ2) is 9.21. The van der Waals surface area contributed by atoms with Crippen molar-refractivity contribution in [3.8, 4) is 0 Å². The number of piperazine rings is 1. The maximum absolute atomic E-state index is 13.3. The highest BCUT2D eigenvalue weighted by Gasteiger charge is 2.37. The van der Waals surface area contributed by atoms with Crippen LogP contribution in [0.3, 0.4) is 0 Å². The van der Waals surface area contributed by atoms with Crippen molar-refractivity contribution in [1.82, 2.24) is 19.6 Å². The summed E-state index contributed by atoms with van der Waals surface area (Å²) >= 11 is 6.05. The van der Waals surface area contributed by atoms with Crippen LogP contribution < -0.4 is 10.9 Å². The van der Waals surface area contributed by atoms with Gasteiger partial charge < -0.3 is 5.32 Å². The number of nitrogens with zero attached hydrogens (tertiary/aromatic N) is 4. The van der Waals surface area contributed by atoms with E-state index in [2.05, 4.69) is 10.4 Å². The van der Waals surface area contributed by atoms with Gasteiger partial charge in [0.05, 0.1) is 29.6 Å². The number of anilines is 1. The summed E-state index contributed by atoms with van der Waals surface area (Å²) in [4.78, 5) is 28.5. The molecule has 1 saturated heterocycles. The first-order valence-corrected chi connectivity index (χ1v) is 10.8. The van der Waals surface area contributed by atoms with Crippen LogP contribution in [-0.4, -0.2) is 58.2 Å². The molecule has 11 heteroatoms. The summed E-state index contributed by atoms with van der Waals surface area (Å²) in [6, 6.07) is 7.85. The molecule has 1 aromatic carbocycles. The zero-order chi connectivity index (χ0) is 22.9. The molecule has 172 valence electrons. The van der Waals surface area contributed by atoms with Crippen LogP contribution in [0.4, 0.5) is 18.9 Å². The first-order chi connectivity index (χ1) is 15.2. The van der Waals surface area contributed by atoms with E-state index in [0.717, 1.165) is 23.6 Å². The minimum Gasteiger partial charge on any atom is -0.324 e. The van der Waals surface area contributed by atoms with Crippen LogP contribution >= 0.6 is 11.6 Å². The maximum Gasteiger partial charge on any atom is 0.421 e. The SMILES string of the molecule is O=C(CN1CCN(Cn2nc(C3CC3)cc(C(F)(F)F)c2=O)CC1)Nc1ccccc1Cl. The molecule has 1 amide bonds. The van der Waals surface area contributed by atoms with E-state index in [-0.39, 0.29) is 25.0 Å². The number of hydrogen-bond acceptors (Lipinski definition) is 5. The number of halogens is 4. The number of carbonyl (C=O) groups is 1. The van der Waals surface area contributed by atoms with Gasteiger partial charge in [0.15, 0.2) is 0 Å². The Balaban J connectivity index is 1.35. The van der Waals surface area contributed by atoms with Gasteiger partial charge in [0, 0.05) is 32.1 Å². The van der Waals surface area contributed by atoms with Gasteiger partial charge in [-0.15, -0.1) is 0 Å². The third-order valence-corrected chi connectivity index (χ3v) is 5.94. The van der Waals surface area contributed by atoms with Crippen LogP contribution in [0.5, 0.6) is 0 Å². The van der Waals surface area contributed by atoms with Gasteiger partial charge in [0.25, 0.3) is 5.56 Å². The molecule has 0 unspecified atom stereocenters. The molecule has 2 fully saturated rings. The molecule has 1 aromatic heterocycles. The van der Waals surface area contributed by atoms with Gasteiger partial charge in [0.1, 0.15) is 5.56 Å². The van der Waals surface area contributed by atoms with E-state index >= 15 is 0 Å². The zero-order valence-electron chi connectivity index (χ0n) is 17.2. The van der Waals surface area contributed by atoms with Crippen molar-refractivity contribution >= 4 is 23.2 Å². The fraction of sp³-hybridized carbons (Fsp3) is 0.476. The number of nitrogens with one attached hydrogen (secondary N) is 1. The Hall–Kier alpha value is -2.43. The van der Waals surface area contributed by atoms with Crippen molar-refractivity contribution in [1.29, 1.82) is 0 Å². The Bertz CT molecular complexity index is 1050. The molecule has 2 aliphatic rings. The molecule has 4 rings (SSSR count). The van der Waals surface area contributed by atoms with Gasteiger partial charge in [-0.25, -0.2) is 4.68 Å². The topological polar surface area (TPSA) is 70.5 Å². The highest BCUT2D eigenvalue weighted by Crippen LogP contribution is 2.40. The number of rotatable bonds is 6. The Morgan fingerprint density at radius 3 is 2.41 bits per heavy atom. The molecule has 1 aliphatic carbocycles. The van der Waals surface area contributed by atoms with Gasteiger partial charge in [0.2, 0.25) is 5.91 Å². The van der Waals surface area contributed by atoms with Crippen molar-refractivity contribution in [2.24, 2.45) is 0 Å². The van der Waals surface area contributed by atoms with Gasteiger partial charge in [-0.1, -0.05) is 23.7 Å². The molecule has 1 saturated carbocycles. The molecule has 2 aromatic rings. The van der Waals surface area contributed by atoms with E-state index in [1.54, 1.807) is 24.3 Å². The Morgan fingerprint density at radius 1 is 1.12 bits per heavy atom. The lowest BCUT2D eigenvalue weighted by Crippen LogP contribution is -2.50. The summed E-state index contributed by atoms with van der Waals surface area (Å²) in [5.74, 6) is -0.201. The number of hydrogen-bond donors (Lipinski definition) is 1. The quantitative estimate of drug-likeness (QED) is 0.704. The van der Waals surface area contributed by atoms with E-state index in [1.807, 2.05) is 9.80 Å². The second-order valence-electron chi connectivity index (χ2n) is 8.12. The first kappa shape index (κ1) is 22.8. The van der Waals surface area contributed by atoms with Crippen molar-refractivity contribution in [3.05, 3.63) is 57.0 Å². The van der Waals surface area contributed by atoms with Gasteiger partial charge in [-0.05, 0) is 31.0 Å². The minimum atomic E-state index is -4.71. The van der Waals surface area contributed by atoms with Crippen LogP contribution in [-0.2, 0) is 17.6 Å². The van der Waals surface area contributed by atoms with E-state index in [1.165, 1.54) is 0 Å². The molecule has 0 spiro atoms. The predicted molar refractivity (Wildman–Crippen MR) is 114 cm³/mol. The molecule has 7 nitrogen and oxygen atoms in total. The average molecular weight is 470 g/mol. The lowest BCUT2D eigenvalue weighted by molar-refractivity contribution is -0.139. The second-order valence-corrected chi connectivity index (χ2v) is 8.53. The number of carbonyl (C=O) groups excluding carboxylic acids is 1. The smallest absolute Gasteiger partial charge is 0.324 e. The lowest BCUT2D eigenvalue weighted by atomic mass is 10.2.